The fourth-order valence-electron chi connectivity index (χ4n) is 3.91. The van der Waals surface area contributed by atoms with E-state index in [-0.39, 0.29) is 16.5 Å². The van der Waals surface area contributed by atoms with Crippen LogP contribution in [0.4, 0.5) is 0 Å². The number of phenolic OH excluding ortho intramolecular Hbond substituents is 2. The molecule has 0 heterocycles. The molecular formula is C22H35ClO2. The Morgan fingerprint density at radius 2 is 1.36 bits per heavy atom. The first kappa shape index (κ1) is 20.4. The summed E-state index contributed by atoms with van der Waals surface area (Å²) in [6, 6.07) is 3.32. The number of aromatic hydroxyl groups is 2. The minimum atomic E-state index is -0.0228. The molecule has 1 aliphatic rings. The van der Waals surface area contributed by atoms with Crippen LogP contribution in [0.15, 0.2) is 12.1 Å². The van der Waals surface area contributed by atoms with E-state index in [1.807, 2.05) is 0 Å². The Kier molecular flexibility index (Phi) is 8.95. The van der Waals surface area contributed by atoms with Crippen LogP contribution in [0, 0.1) is 11.8 Å². The molecule has 0 spiro atoms. The van der Waals surface area contributed by atoms with Crippen molar-refractivity contribution >= 4 is 11.6 Å². The zero-order valence-electron chi connectivity index (χ0n) is 15.8. The molecule has 1 fully saturated rings. The molecule has 1 aromatic rings. The molecular weight excluding hydrogens is 332 g/mol. The predicted molar refractivity (Wildman–Crippen MR) is 107 cm³/mol. The van der Waals surface area contributed by atoms with Gasteiger partial charge in [0.25, 0.3) is 0 Å². The lowest BCUT2D eigenvalue weighted by Gasteiger charge is -2.06. The van der Waals surface area contributed by atoms with Gasteiger partial charge in [0.05, 0.1) is 0 Å². The van der Waals surface area contributed by atoms with Gasteiger partial charge in [-0.25, -0.2) is 0 Å². The summed E-state index contributed by atoms with van der Waals surface area (Å²) in [4.78, 5) is 0. The smallest absolute Gasteiger partial charge is 0.138 e. The second-order valence-electron chi connectivity index (χ2n) is 7.86. The van der Waals surface area contributed by atoms with Gasteiger partial charge < -0.3 is 10.2 Å². The van der Waals surface area contributed by atoms with E-state index in [0.717, 1.165) is 30.2 Å². The van der Waals surface area contributed by atoms with Crippen molar-refractivity contribution in [2.45, 2.75) is 90.4 Å². The maximum Gasteiger partial charge on any atom is 0.138 e. The first-order valence-electron chi connectivity index (χ1n) is 10.3. The second-order valence-corrected chi connectivity index (χ2v) is 8.24. The predicted octanol–water partition coefficient (Wildman–Crippen LogP) is 7.24. The molecule has 0 amide bonds. The van der Waals surface area contributed by atoms with Gasteiger partial charge in [-0.1, -0.05) is 82.7 Å². The average Bonchev–Trinajstić information content (AvgIpc) is 3.34. The molecule has 0 aromatic heterocycles. The lowest BCUT2D eigenvalue weighted by Crippen LogP contribution is -1.88. The van der Waals surface area contributed by atoms with Gasteiger partial charge in [-0.3, -0.25) is 0 Å². The minimum Gasteiger partial charge on any atom is -0.506 e. The Morgan fingerprint density at radius 3 is 1.96 bits per heavy atom. The van der Waals surface area contributed by atoms with Gasteiger partial charge in [-0.15, -0.1) is 0 Å². The number of aryl methyl sites for hydroxylation is 1. The fraction of sp³-hybridized carbons (Fsp3) is 0.727. The van der Waals surface area contributed by atoms with Crippen molar-refractivity contribution in [2.75, 3.05) is 0 Å². The lowest BCUT2D eigenvalue weighted by molar-refractivity contribution is 0.449. The number of hydrogen-bond acceptors (Lipinski definition) is 2. The van der Waals surface area contributed by atoms with Crippen LogP contribution in [0.25, 0.3) is 0 Å². The summed E-state index contributed by atoms with van der Waals surface area (Å²) in [7, 11) is 0. The van der Waals surface area contributed by atoms with Gasteiger partial charge >= 0.3 is 0 Å². The molecule has 3 heteroatoms. The van der Waals surface area contributed by atoms with Crippen molar-refractivity contribution < 1.29 is 10.2 Å². The van der Waals surface area contributed by atoms with Gasteiger partial charge in [0.2, 0.25) is 0 Å². The van der Waals surface area contributed by atoms with Gasteiger partial charge in [-0.2, -0.15) is 0 Å². The Morgan fingerprint density at radius 1 is 0.840 bits per heavy atom. The van der Waals surface area contributed by atoms with Gasteiger partial charge in [0.1, 0.15) is 16.5 Å². The molecule has 142 valence electrons. The number of hydrogen-bond donors (Lipinski definition) is 2. The molecule has 0 radical (unpaired) electrons. The highest BCUT2D eigenvalue weighted by molar-refractivity contribution is 6.33. The summed E-state index contributed by atoms with van der Waals surface area (Å²) < 4.78 is 0. The summed E-state index contributed by atoms with van der Waals surface area (Å²) in [5.74, 6) is 2.06. The molecule has 0 saturated heterocycles. The van der Waals surface area contributed by atoms with Crippen molar-refractivity contribution in [3.63, 3.8) is 0 Å². The Bertz CT molecular complexity index is 492. The van der Waals surface area contributed by atoms with E-state index >= 15 is 0 Å². The average molecular weight is 367 g/mol. The van der Waals surface area contributed by atoms with Crippen LogP contribution in [-0.4, -0.2) is 10.2 Å². The van der Waals surface area contributed by atoms with Crippen molar-refractivity contribution in [1.29, 1.82) is 0 Å². The molecule has 2 N–H and O–H groups in total. The molecule has 0 bridgehead atoms. The first-order chi connectivity index (χ1) is 12.1. The lowest BCUT2D eigenvalue weighted by atomic mass is 10.0. The Balaban J connectivity index is 1.44. The Labute approximate surface area is 158 Å². The van der Waals surface area contributed by atoms with Crippen LogP contribution >= 0.6 is 11.6 Å². The van der Waals surface area contributed by atoms with E-state index in [1.165, 1.54) is 70.6 Å². The van der Waals surface area contributed by atoms with Crippen LogP contribution < -0.4 is 0 Å². The molecule has 1 aromatic carbocycles. The highest BCUT2D eigenvalue weighted by Gasteiger charge is 2.34. The quantitative estimate of drug-likeness (QED) is 0.361. The third kappa shape index (κ3) is 7.48. The summed E-state index contributed by atoms with van der Waals surface area (Å²) in [5.41, 5.74) is 0.961. The van der Waals surface area contributed by atoms with E-state index in [1.54, 1.807) is 12.1 Å². The standard InChI is InChI=1S/C22H35ClO2/c1-2-3-4-9-12-18-16-19(18)13-10-7-5-6-8-11-17-14-20(24)22(23)21(25)15-17/h14-15,18-19,24-25H,2-13,16H2,1H3/t18-,19+/m0/s1. The molecule has 1 saturated carbocycles. The molecule has 0 unspecified atom stereocenters. The maximum absolute atomic E-state index is 9.62. The van der Waals surface area contributed by atoms with Crippen molar-refractivity contribution in [3.8, 4) is 11.5 Å². The summed E-state index contributed by atoms with van der Waals surface area (Å²) in [6.45, 7) is 2.28. The zero-order valence-corrected chi connectivity index (χ0v) is 16.5. The maximum atomic E-state index is 9.62. The van der Waals surface area contributed by atoms with E-state index in [0.29, 0.717) is 0 Å². The molecule has 2 atom stereocenters. The molecule has 2 rings (SSSR count). The van der Waals surface area contributed by atoms with E-state index in [9.17, 15) is 10.2 Å². The van der Waals surface area contributed by atoms with E-state index in [4.69, 9.17) is 11.6 Å². The monoisotopic (exact) mass is 366 g/mol. The van der Waals surface area contributed by atoms with Gasteiger partial charge in [0.15, 0.2) is 0 Å². The fourth-order valence-corrected chi connectivity index (χ4v) is 4.02. The molecule has 2 nitrogen and oxygen atoms in total. The van der Waals surface area contributed by atoms with Crippen molar-refractivity contribution in [1.82, 2.24) is 0 Å². The molecule has 25 heavy (non-hydrogen) atoms. The Hall–Kier alpha value is -0.890. The number of benzene rings is 1. The van der Waals surface area contributed by atoms with Crippen LogP contribution in [0.5, 0.6) is 11.5 Å². The molecule has 0 aliphatic heterocycles. The third-order valence-electron chi connectivity index (χ3n) is 5.63. The number of halogens is 1. The van der Waals surface area contributed by atoms with E-state index in [2.05, 4.69) is 6.92 Å². The number of rotatable bonds is 13. The van der Waals surface area contributed by atoms with Crippen molar-refractivity contribution in [3.05, 3.63) is 22.7 Å². The van der Waals surface area contributed by atoms with Crippen LogP contribution in [0.3, 0.4) is 0 Å². The van der Waals surface area contributed by atoms with Gasteiger partial charge in [-0.05, 0) is 48.8 Å². The number of phenols is 2. The van der Waals surface area contributed by atoms with E-state index < -0.39 is 0 Å². The normalized spacial score (nSPS) is 19.3. The highest BCUT2D eigenvalue weighted by Crippen LogP contribution is 2.45. The summed E-state index contributed by atoms with van der Waals surface area (Å²) in [6.07, 6.45) is 17.3. The van der Waals surface area contributed by atoms with Crippen molar-refractivity contribution in [2.24, 2.45) is 11.8 Å². The zero-order chi connectivity index (χ0) is 18.1. The topological polar surface area (TPSA) is 40.5 Å². The van der Waals surface area contributed by atoms with Crippen LogP contribution in [0.1, 0.15) is 89.5 Å². The largest absolute Gasteiger partial charge is 0.506 e. The molecule has 1 aliphatic carbocycles. The highest BCUT2D eigenvalue weighted by atomic mass is 35.5. The summed E-state index contributed by atoms with van der Waals surface area (Å²) in [5, 5.41) is 19.3. The van der Waals surface area contributed by atoms with Crippen LogP contribution in [-0.2, 0) is 6.42 Å². The van der Waals surface area contributed by atoms with Gasteiger partial charge in [0, 0.05) is 0 Å². The third-order valence-corrected chi connectivity index (χ3v) is 6.02. The summed E-state index contributed by atoms with van der Waals surface area (Å²) >= 11 is 5.75. The number of unbranched alkanes of at least 4 members (excludes halogenated alkanes) is 7. The van der Waals surface area contributed by atoms with Crippen LogP contribution in [0.2, 0.25) is 5.02 Å². The second kappa shape index (κ2) is 11.0. The SMILES string of the molecule is CCCCCC[C@H]1C[C@H]1CCCCCCCc1cc(O)c(Cl)c(O)c1. The first-order valence-corrected chi connectivity index (χ1v) is 10.7. The minimum absolute atomic E-state index is 0.0228.